The van der Waals surface area contributed by atoms with Crippen LogP contribution in [0.25, 0.3) is 0 Å². The number of rotatable bonds is 1. The molecule has 0 amide bonds. The highest BCUT2D eigenvalue weighted by molar-refractivity contribution is 5.49. The highest BCUT2D eigenvalue weighted by Gasteiger charge is 2.25. The molecule has 1 aromatic carbocycles. The predicted octanol–water partition coefficient (Wildman–Crippen LogP) is 1.62. The molecular weight excluding hydrogens is 185 g/mol. The summed E-state index contributed by atoms with van der Waals surface area (Å²) in [5.41, 5.74) is 6.22. The molecular formula is C10H12FNO2. The lowest BCUT2D eigenvalue weighted by molar-refractivity contribution is 0.248. The average Bonchev–Trinajstić information content (AvgIpc) is 2.18. The summed E-state index contributed by atoms with van der Waals surface area (Å²) in [5, 5.41) is 0. The maximum Gasteiger partial charge on any atom is 0.168 e. The van der Waals surface area contributed by atoms with Crippen LogP contribution < -0.4 is 15.2 Å². The van der Waals surface area contributed by atoms with E-state index in [1.165, 1.54) is 13.2 Å². The zero-order valence-corrected chi connectivity index (χ0v) is 7.92. The minimum absolute atomic E-state index is 0.297. The molecule has 0 aromatic heterocycles. The number of nitrogens with two attached hydrogens (primary N) is 1. The first-order valence-corrected chi connectivity index (χ1v) is 4.49. The Bertz CT molecular complexity index is 354. The van der Waals surface area contributed by atoms with Gasteiger partial charge in [-0.15, -0.1) is 0 Å². The lowest BCUT2D eigenvalue weighted by Gasteiger charge is -2.24. The smallest absolute Gasteiger partial charge is 0.168 e. The Balaban J connectivity index is 2.57. The van der Waals surface area contributed by atoms with Crippen molar-refractivity contribution in [2.24, 2.45) is 5.73 Å². The molecule has 0 spiro atoms. The van der Waals surface area contributed by atoms with Gasteiger partial charge in [-0.1, -0.05) is 0 Å². The lowest BCUT2D eigenvalue weighted by atomic mass is 10.0. The summed E-state index contributed by atoms with van der Waals surface area (Å²) in [6, 6.07) is 2.60. The van der Waals surface area contributed by atoms with Gasteiger partial charge in [0.15, 0.2) is 11.5 Å². The van der Waals surface area contributed by atoms with E-state index < -0.39 is 0 Å². The molecule has 0 bridgehead atoms. The quantitative estimate of drug-likeness (QED) is 0.744. The van der Waals surface area contributed by atoms with Gasteiger partial charge in [0.1, 0.15) is 5.82 Å². The van der Waals surface area contributed by atoms with Gasteiger partial charge in [0, 0.05) is 12.5 Å². The van der Waals surface area contributed by atoms with Gasteiger partial charge in [0.25, 0.3) is 0 Å². The molecule has 0 fully saturated rings. The molecule has 0 aliphatic carbocycles. The second-order valence-corrected chi connectivity index (χ2v) is 3.24. The first-order valence-electron chi connectivity index (χ1n) is 4.49. The van der Waals surface area contributed by atoms with Crippen molar-refractivity contribution in [1.29, 1.82) is 0 Å². The maximum atomic E-state index is 13.4. The van der Waals surface area contributed by atoms with Gasteiger partial charge >= 0.3 is 0 Å². The largest absolute Gasteiger partial charge is 0.493 e. The fourth-order valence-electron chi connectivity index (χ4n) is 1.64. The zero-order chi connectivity index (χ0) is 10.1. The lowest BCUT2D eigenvalue weighted by Crippen LogP contribution is -2.22. The van der Waals surface area contributed by atoms with Crippen LogP contribution in [0.5, 0.6) is 11.5 Å². The van der Waals surface area contributed by atoms with Crippen LogP contribution in [-0.2, 0) is 0 Å². The first kappa shape index (κ1) is 9.27. The van der Waals surface area contributed by atoms with Crippen molar-refractivity contribution in [2.45, 2.75) is 12.5 Å². The number of fused-ring (bicyclic) bond motifs is 1. The van der Waals surface area contributed by atoms with Crippen molar-refractivity contribution < 1.29 is 13.9 Å². The van der Waals surface area contributed by atoms with Gasteiger partial charge in [-0.3, -0.25) is 0 Å². The molecule has 14 heavy (non-hydrogen) atoms. The minimum atomic E-state index is -0.326. The predicted molar refractivity (Wildman–Crippen MR) is 50.0 cm³/mol. The number of benzene rings is 1. The van der Waals surface area contributed by atoms with Gasteiger partial charge in [-0.25, -0.2) is 4.39 Å². The number of hydrogen-bond donors (Lipinski definition) is 1. The fourth-order valence-corrected chi connectivity index (χ4v) is 1.64. The summed E-state index contributed by atoms with van der Waals surface area (Å²) < 4.78 is 23.8. The summed E-state index contributed by atoms with van der Waals surface area (Å²) in [4.78, 5) is 0. The van der Waals surface area contributed by atoms with Gasteiger partial charge in [0.05, 0.1) is 19.3 Å². The Morgan fingerprint density at radius 2 is 2.36 bits per heavy atom. The van der Waals surface area contributed by atoms with E-state index >= 15 is 0 Å². The number of methoxy groups -OCH3 is 1. The van der Waals surface area contributed by atoms with Crippen molar-refractivity contribution in [3.05, 3.63) is 23.5 Å². The van der Waals surface area contributed by atoms with Gasteiger partial charge in [0.2, 0.25) is 0 Å². The molecule has 1 atom stereocenters. The normalized spacial score (nSPS) is 19.8. The van der Waals surface area contributed by atoms with Crippen LogP contribution in [-0.4, -0.2) is 13.7 Å². The molecule has 2 N–H and O–H groups in total. The van der Waals surface area contributed by atoms with Crippen LogP contribution in [0, 0.1) is 5.82 Å². The van der Waals surface area contributed by atoms with Crippen LogP contribution in [0.4, 0.5) is 4.39 Å². The summed E-state index contributed by atoms with van der Waals surface area (Å²) >= 11 is 0. The second kappa shape index (κ2) is 3.46. The monoisotopic (exact) mass is 197 g/mol. The molecule has 76 valence electrons. The van der Waals surface area contributed by atoms with E-state index in [2.05, 4.69) is 0 Å². The van der Waals surface area contributed by atoms with Crippen LogP contribution >= 0.6 is 0 Å². The maximum absolute atomic E-state index is 13.4. The second-order valence-electron chi connectivity index (χ2n) is 3.24. The molecule has 0 saturated carbocycles. The van der Waals surface area contributed by atoms with E-state index in [0.29, 0.717) is 30.1 Å². The molecule has 4 heteroatoms. The molecule has 1 aliphatic heterocycles. The van der Waals surface area contributed by atoms with Crippen molar-refractivity contribution in [3.8, 4) is 11.5 Å². The molecule has 2 rings (SSSR count). The Morgan fingerprint density at radius 1 is 1.57 bits per heavy atom. The van der Waals surface area contributed by atoms with Crippen LogP contribution in [0.2, 0.25) is 0 Å². The van der Waals surface area contributed by atoms with Crippen molar-refractivity contribution in [2.75, 3.05) is 13.7 Å². The number of ether oxygens (including phenoxy) is 2. The summed E-state index contributed by atoms with van der Waals surface area (Å²) in [6.45, 7) is 0.508. The van der Waals surface area contributed by atoms with Crippen LogP contribution in [0.1, 0.15) is 18.0 Å². The summed E-state index contributed by atoms with van der Waals surface area (Å²) in [6.07, 6.45) is 0.636. The standard InChI is InChI=1S/C10H12FNO2/c1-13-8-3-2-6(11)9-7(12)4-5-14-10(8)9/h2-3,7H,4-5,12H2,1H3/t7-/m1/s1. The molecule has 3 nitrogen and oxygen atoms in total. The van der Waals surface area contributed by atoms with E-state index in [4.69, 9.17) is 15.2 Å². The van der Waals surface area contributed by atoms with Gasteiger partial charge in [-0.05, 0) is 12.1 Å². The summed E-state index contributed by atoms with van der Waals surface area (Å²) in [5.74, 6) is 0.663. The van der Waals surface area contributed by atoms with E-state index in [9.17, 15) is 4.39 Å². The van der Waals surface area contributed by atoms with Gasteiger partial charge in [-0.2, -0.15) is 0 Å². The summed E-state index contributed by atoms with van der Waals surface area (Å²) in [7, 11) is 1.52. The third-order valence-electron chi connectivity index (χ3n) is 2.37. The van der Waals surface area contributed by atoms with Crippen molar-refractivity contribution in [1.82, 2.24) is 0 Å². The average molecular weight is 197 g/mol. The van der Waals surface area contributed by atoms with E-state index in [-0.39, 0.29) is 11.9 Å². The third kappa shape index (κ3) is 1.32. The topological polar surface area (TPSA) is 44.5 Å². The fraction of sp³-hybridized carbons (Fsp3) is 0.400. The van der Waals surface area contributed by atoms with E-state index in [1.54, 1.807) is 6.07 Å². The Hall–Kier alpha value is -1.29. The van der Waals surface area contributed by atoms with E-state index in [1.807, 2.05) is 0 Å². The van der Waals surface area contributed by atoms with Crippen LogP contribution in [0.3, 0.4) is 0 Å². The molecule has 0 unspecified atom stereocenters. The van der Waals surface area contributed by atoms with Crippen molar-refractivity contribution >= 4 is 0 Å². The highest BCUT2D eigenvalue weighted by atomic mass is 19.1. The van der Waals surface area contributed by atoms with Gasteiger partial charge < -0.3 is 15.2 Å². The number of halogens is 1. The highest BCUT2D eigenvalue weighted by Crippen LogP contribution is 2.39. The molecule has 1 aromatic rings. The molecule has 0 radical (unpaired) electrons. The molecule has 1 aliphatic rings. The van der Waals surface area contributed by atoms with Crippen LogP contribution in [0.15, 0.2) is 12.1 Å². The van der Waals surface area contributed by atoms with E-state index in [0.717, 1.165) is 0 Å². The molecule has 1 heterocycles. The third-order valence-corrected chi connectivity index (χ3v) is 2.37. The number of hydrogen-bond acceptors (Lipinski definition) is 3. The zero-order valence-electron chi connectivity index (χ0n) is 7.92. The first-order chi connectivity index (χ1) is 6.74. The Kier molecular flexibility index (Phi) is 2.29. The Labute approximate surface area is 81.6 Å². The van der Waals surface area contributed by atoms with Crippen molar-refractivity contribution in [3.63, 3.8) is 0 Å². The minimum Gasteiger partial charge on any atom is -0.493 e. The molecule has 0 saturated heterocycles. The Morgan fingerprint density at radius 3 is 3.07 bits per heavy atom. The SMILES string of the molecule is COc1ccc(F)c2c1OCC[C@H]2N.